The standard InChI is InChI=1S/C31H38N8O4/c1-31(2,3)43-30(41)32-17-26(40)38-14-12-37(13-15-38)22-10-9-21-6-4-8-25(24(21)16-22)42-18-23-7-5-11-39(23)29-27-28(34-19-33-27)35-20-36-29/h4,6,8-10,16,19-20,23H,5,7,11-15,17-18H2,1-3H3,(H,32,41)(H,33,34,35,36). The molecule has 2 aromatic heterocycles. The molecule has 1 unspecified atom stereocenters. The highest BCUT2D eigenvalue weighted by atomic mass is 16.6. The van der Waals surface area contributed by atoms with Gasteiger partial charge in [-0.25, -0.2) is 19.7 Å². The third-order valence-corrected chi connectivity index (χ3v) is 7.89. The number of fused-ring (bicyclic) bond motifs is 2. The highest BCUT2D eigenvalue weighted by Gasteiger charge is 2.29. The lowest BCUT2D eigenvalue weighted by molar-refractivity contribution is -0.130. The van der Waals surface area contributed by atoms with Crippen molar-refractivity contribution in [2.24, 2.45) is 0 Å². The number of anilines is 2. The topological polar surface area (TPSA) is 129 Å². The second kappa shape index (κ2) is 11.9. The summed E-state index contributed by atoms with van der Waals surface area (Å²) in [6.45, 7) is 9.30. The van der Waals surface area contributed by atoms with Crippen LogP contribution in [0.2, 0.25) is 0 Å². The molecule has 2 amide bonds. The molecular weight excluding hydrogens is 548 g/mol. The van der Waals surface area contributed by atoms with Crippen LogP contribution < -0.4 is 19.9 Å². The number of nitrogens with zero attached hydrogens (tertiary/aromatic N) is 6. The third kappa shape index (κ3) is 6.42. The average molecular weight is 587 g/mol. The van der Waals surface area contributed by atoms with Gasteiger partial charge in [-0.3, -0.25) is 4.79 Å². The fraction of sp³-hybridized carbons (Fsp3) is 0.452. The van der Waals surface area contributed by atoms with Crippen molar-refractivity contribution in [1.82, 2.24) is 30.2 Å². The Morgan fingerprint density at radius 3 is 2.70 bits per heavy atom. The van der Waals surface area contributed by atoms with Gasteiger partial charge in [0.25, 0.3) is 0 Å². The fourth-order valence-electron chi connectivity index (χ4n) is 5.79. The van der Waals surface area contributed by atoms with Crippen LogP contribution in [-0.4, -0.2) is 94.4 Å². The molecule has 0 aliphatic carbocycles. The van der Waals surface area contributed by atoms with Crippen molar-refractivity contribution in [3.05, 3.63) is 49.1 Å². The van der Waals surface area contributed by atoms with E-state index in [9.17, 15) is 9.59 Å². The van der Waals surface area contributed by atoms with Crippen LogP contribution in [0, 0.1) is 0 Å². The number of imidazole rings is 1. The second-order valence-electron chi connectivity index (χ2n) is 12.0. The first-order valence-corrected chi connectivity index (χ1v) is 14.8. The smallest absolute Gasteiger partial charge is 0.408 e. The van der Waals surface area contributed by atoms with Gasteiger partial charge in [0.15, 0.2) is 11.5 Å². The number of benzene rings is 2. The zero-order valence-corrected chi connectivity index (χ0v) is 24.9. The summed E-state index contributed by atoms with van der Waals surface area (Å²) in [5, 5.41) is 4.73. The van der Waals surface area contributed by atoms with E-state index in [2.05, 4.69) is 59.3 Å². The normalized spacial score (nSPS) is 17.5. The van der Waals surface area contributed by atoms with Crippen molar-refractivity contribution in [3.8, 4) is 5.75 Å². The summed E-state index contributed by atoms with van der Waals surface area (Å²) in [6, 6.07) is 12.8. The number of hydrogen-bond acceptors (Lipinski definition) is 9. The SMILES string of the molecule is CC(C)(C)OC(=O)NCC(=O)N1CCN(c2ccc3cccc(OCC4CCCN4c4ncnc5nc[nH]c45)c3c2)CC1. The van der Waals surface area contributed by atoms with E-state index in [0.717, 1.165) is 52.9 Å². The Labute approximate surface area is 250 Å². The molecule has 2 aliphatic rings. The number of ether oxygens (including phenoxy) is 2. The molecule has 0 radical (unpaired) electrons. The Kier molecular flexibility index (Phi) is 7.92. The van der Waals surface area contributed by atoms with Gasteiger partial charge in [0, 0.05) is 43.8 Å². The number of H-pyrrole nitrogens is 1. The first-order chi connectivity index (χ1) is 20.7. The average Bonchev–Trinajstić information content (AvgIpc) is 3.67. The number of piperazine rings is 1. The lowest BCUT2D eigenvalue weighted by Gasteiger charge is -2.36. The number of amides is 2. The van der Waals surface area contributed by atoms with Crippen LogP contribution in [-0.2, 0) is 9.53 Å². The zero-order valence-electron chi connectivity index (χ0n) is 24.9. The molecule has 43 heavy (non-hydrogen) atoms. The summed E-state index contributed by atoms with van der Waals surface area (Å²) in [4.78, 5) is 47.2. The van der Waals surface area contributed by atoms with E-state index in [0.29, 0.717) is 38.4 Å². The van der Waals surface area contributed by atoms with E-state index >= 15 is 0 Å². The first kappa shape index (κ1) is 28.5. The molecule has 12 nitrogen and oxygen atoms in total. The maximum atomic E-state index is 12.7. The van der Waals surface area contributed by atoms with Crippen LogP contribution in [0.4, 0.5) is 16.3 Å². The Morgan fingerprint density at radius 1 is 1.05 bits per heavy atom. The van der Waals surface area contributed by atoms with Gasteiger partial charge in [-0.2, -0.15) is 0 Å². The van der Waals surface area contributed by atoms with E-state index in [1.54, 1.807) is 38.3 Å². The highest BCUT2D eigenvalue weighted by Crippen LogP contribution is 2.32. The largest absolute Gasteiger partial charge is 0.491 e. The summed E-state index contributed by atoms with van der Waals surface area (Å²) < 4.78 is 11.7. The van der Waals surface area contributed by atoms with Gasteiger partial charge in [0.1, 0.15) is 36.3 Å². The first-order valence-electron chi connectivity index (χ1n) is 14.8. The zero-order chi connectivity index (χ0) is 30.0. The maximum Gasteiger partial charge on any atom is 0.408 e. The van der Waals surface area contributed by atoms with Crippen molar-refractivity contribution in [1.29, 1.82) is 0 Å². The van der Waals surface area contributed by atoms with Crippen LogP contribution in [0.5, 0.6) is 5.75 Å². The molecule has 6 rings (SSSR count). The molecule has 0 saturated carbocycles. The number of carbonyl (C=O) groups excluding carboxylic acids is 2. The molecule has 2 aliphatic heterocycles. The number of aromatic amines is 1. The highest BCUT2D eigenvalue weighted by molar-refractivity contribution is 5.91. The van der Waals surface area contributed by atoms with Crippen molar-refractivity contribution >= 4 is 45.4 Å². The Balaban J connectivity index is 1.08. The van der Waals surface area contributed by atoms with E-state index in [-0.39, 0.29) is 18.5 Å². The van der Waals surface area contributed by atoms with Gasteiger partial charge in [0.2, 0.25) is 5.91 Å². The number of aromatic nitrogens is 4. The predicted octanol–water partition coefficient (Wildman–Crippen LogP) is 3.73. The Hall–Kier alpha value is -4.61. The minimum absolute atomic E-state index is 0.0754. The van der Waals surface area contributed by atoms with Crippen molar-refractivity contribution in [2.45, 2.75) is 45.3 Å². The summed E-state index contributed by atoms with van der Waals surface area (Å²) >= 11 is 0. The minimum atomic E-state index is -0.606. The van der Waals surface area contributed by atoms with Crippen LogP contribution >= 0.6 is 0 Å². The molecule has 226 valence electrons. The lowest BCUT2D eigenvalue weighted by atomic mass is 10.1. The minimum Gasteiger partial charge on any atom is -0.491 e. The molecule has 4 heterocycles. The van der Waals surface area contributed by atoms with Crippen molar-refractivity contribution in [3.63, 3.8) is 0 Å². The fourth-order valence-corrected chi connectivity index (χ4v) is 5.79. The molecule has 4 aromatic rings. The van der Waals surface area contributed by atoms with Crippen molar-refractivity contribution in [2.75, 3.05) is 55.7 Å². The van der Waals surface area contributed by atoms with E-state index in [4.69, 9.17) is 9.47 Å². The third-order valence-electron chi connectivity index (χ3n) is 7.89. The van der Waals surface area contributed by atoms with E-state index in [1.165, 1.54) is 0 Å². The Bertz CT molecular complexity index is 1610. The van der Waals surface area contributed by atoms with Gasteiger partial charge in [-0.15, -0.1) is 0 Å². The van der Waals surface area contributed by atoms with Crippen molar-refractivity contribution < 1.29 is 19.1 Å². The number of carbonyl (C=O) groups is 2. The summed E-state index contributed by atoms with van der Waals surface area (Å²) in [5.74, 6) is 1.60. The van der Waals surface area contributed by atoms with Crippen LogP contribution in [0.1, 0.15) is 33.6 Å². The molecule has 1 atom stereocenters. The van der Waals surface area contributed by atoms with Crippen LogP contribution in [0.3, 0.4) is 0 Å². The van der Waals surface area contributed by atoms with Gasteiger partial charge < -0.3 is 34.5 Å². The maximum absolute atomic E-state index is 12.7. The van der Waals surface area contributed by atoms with E-state index in [1.807, 2.05) is 12.1 Å². The summed E-state index contributed by atoms with van der Waals surface area (Å²) in [5.41, 5.74) is 2.00. The lowest BCUT2D eigenvalue weighted by Crippen LogP contribution is -2.51. The molecular formula is C31H38N8O4. The summed E-state index contributed by atoms with van der Waals surface area (Å²) in [6.07, 6.45) is 4.72. The molecule has 2 fully saturated rings. The molecule has 2 N–H and O–H groups in total. The monoisotopic (exact) mass is 586 g/mol. The van der Waals surface area contributed by atoms with Gasteiger partial charge in [-0.1, -0.05) is 18.2 Å². The number of hydrogen-bond donors (Lipinski definition) is 2. The molecule has 0 bridgehead atoms. The molecule has 2 aromatic carbocycles. The molecule has 12 heteroatoms. The number of nitrogens with one attached hydrogen (secondary N) is 2. The molecule has 0 spiro atoms. The quantitative estimate of drug-likeness (QED) is 0.333. The van der Waals surface area contributed by atoms with Gasteiger partial charge >= 0.3 is 6.09 Å². The summed E-state index contributed by atoms with van der Waals surface area (Å²) in [7, 11) is 0. The molecule has 2 saturated heterocycles. The predicted molar refractivity (Wildman–Crippen MR) is 165 cm³/mol. The number of alkyl carbamates (subject to hydrolysis) is 1. The van der Waals surface area contributed by atoms with Crippen LogP contribution in [0.15, 0.2) is 49.1 Å². The van der Waals surface area contributed by atoms with Gasteiger partial charge in [0.05, 0.1) is 12.4 Å². The van der Waals surface area contributed by atoms with Gasteiger partial charge in [-0.05, 0) is 57.2 Å². The van der Waals surface area contributed by atoms with E-state index < -0.39 is 11.7 Å². The second-order valence-corrected chi connectivity index (χ2v) is 12.0. The Morgan fingerprint density at radius 2 is 1.88 bits per heavy atom. The number of rotatable bonds is 7. The van der Waals surface area contributed by atoms with Crippen LogP contribution in [0.25, 0.3) is 21.9 Å².